The quantitative estimate of drug-likeness (QED) is 0.774. The van der Waals surface area contributed by atoms with Crippen molar-refractivity contribution >= 4 is 5.71 Å². The second-order valence-electron chi connectivity index (χ2n) is 7.30. The summed E-state index contributed by atoms with van der Waals surface area (Å²) < 4.78 is 0. The largest absolute Gasteiger partial charge is 0.384 e. The maximum absolute atomic E-state index is 10.9. The van der Waals surface area contributed by atoms with E-state index >= 15 is 0 Å². The molecule has 4 aliphatic carbocycles. The molecule has 2 bridgehead atoms. The highest BCUT2D eigenvalue weighted by Crippen LogP contribution is 2.62. The molecule has 0 radical (unpaired) electrons. The predicted octanol–water partition coefficient (Wildman–Crippen LogP) is 2.71. The number of nitriles is 1. The number of fused-ring (bicyclic) bond motifs is 2. The Bertz CT molecular complexity index is 511. The average Bonchev–Trinajstić information content (AvgIpc) is 3.05. The topological polar surface area (TPSA) is 56.4 Å². The molecule has 19 heavy (non-hydrogen) atoms. The molecule has 4 saturated carbocycles. The van der Waals surface area contributed by atoms with E-state index < -0.39 is 11.1 Å². The van der Waals surface area contributed by atoms with Crippen molar-refractivity contribution in [3.8, 4) is 6.07 Å². The molecule has 0 aromatic rings. The molecule has 3 heteroatoms. The zero-order valence-electron chi connectivity index (χ0n) is 12.0. The minimum absolute atomic E-state index is 0.159. The Hall–Kier alpha value is -1.14. The Morgan fingerprint density at radius 1 is 1.47 bits per heavy atom. The molecule has 0 aliphatic heterocycles. The molecule has 0 saturated heterocycles. The summed E-state index contributed by atoms with van der Waals surface area (Å²) in [5.74, 6) is 1.04. The summed E-state index contributed by atoms with van der Waals surface area (Å²) in [5, 5.41) is 20.2. The fourth-order valence-electron chi connectivity index (χ4n) is 4.19. The first-order valence-corrected chi connectivity index (χ1v) is 7.13. The summed E-state index contributed by atoms with van der Waals surface area (Å²) in [4.78, 5) is 4.68. The highest BCUT2D eigenvalue weighted by atomic mass is 16.3. The lowest BCUT2D eigenvalue weighted by atomic mass is 9.44. The number of rotatable bonds is 2. The van der Waals surface area contributed by atoms with E-state index in [1.165, 1.54) is 0 Å². The number of aliphatic hydroxyl groups is 1. The minimum atomic E-state index is -0.851. The third kappa shape index (κ3) is 1.50. The van der Waals surface area contributed by atoms with E-state index in [9.17, 15) is 10.4 Å². The Kier molecular flexibility index (Phi) is 2.36. The van der Waals surface area contributed by atoms with Gasteiger partial charge in [-0.15, -0.1) is 6.58 Å². The van der Waals surface area contributed by atoms with Crippen molar-refractivity contribution in [3.05, 3.63) is 12.7 Å². The van der Waals surface area contributed by atoms with Crippen molar-refractivity contribution in [2.75, 3.05) is 0 Å². The molecule has 5 atom stereocenters. The van der Waals surface area contributed by atoms with E-state index in [1.807, 2.05) is 13.0 Å². The number of nitrogens with zero attached hydrogens (tertiary/aromatic N) is 2. The lowest BCUT2D eigenvalue weighted by Crippen LogP contribution is -2.65. The van der Waals surface area contributed by atoms with E-state index in [-0.39, 0.29) is 17.3 Å². The molecule has 4 fully saturated rings. The van der Waals surface area contributed by atoms with Crippen LogP contribution in [0.1, 0.15) is 40.0 Å². The molecule has 0 aromatic carbocycles. The van der Waals surface area contributed by atoms with Gasteiger partial charge in [-0.2, -0.15) is 5.26 Å². The maximum Gasteiger partial charge on any atom is 0.153 e. The van der Waals surface area contributed by atoms with Crippen molar-refractivity contribution < 1.29 is 5.11 Å². The third-order valence-corrected chi connectivity index (χ3v) is 5.97. The van der Waals surface area contributed by atoms with Gasteiger partial charge in [0.05, 0.1) is 6.07 Å². The van der Waals surface area contributed by atoms with E-state index in [0.717, 1.165) is 25.0 Å². The summed E-state index contributed by atoms with van der Waals surface area (Å²) >= 11 is 0. The van der Waals surface area contributed by atoms with E-state index in [4.69, 9.17) is 0 Å². The maximum atomic E-state index is 10.9. The molecule has 0 amide bonds. The van der Waals surface area contributed by atoms with Crippen molar-refractivity contribution in [3.63, 3.8) is 0 Å². The number of hydrogen-bond acceptors (Lipinski definition) is 3. The SMILES string of the molecule is C=C[C@H]1C[C@]1(C#N)N=C1C[C@@H]2C[C@@H](C2(C)C)[C@]1(C)O. The molecule has 3 nitrogen and oxygen atoms in total. The van der Waals surface area contributed by atoms with Gasteiger partial charge in [0.25, 0.3) is 0 Å². The smallest absolute Gasteiger partial charge is 0.153 e. The van der Waals surface area contributed by atoms with E-state index in [0.29, 0.717) is 5.92 Å². The Balaban J connectivity index is 1.92. The van der Waals surface area contributed by atoms with Gasteiger partial charge in [0.15, 0.2) is 5.54 Å². The lowest BCUT2D eigenvalue weighted by molar-refractivity contribution is -0.134. The molecule has 4 aliphatic rings. The van der Waals surface area contributed by atoms with Gasteiger partial charge in [-0.3, -0.25) is 4.99 Å². The van der Waals surface area contributed by atoms with Crippen LogP contribution >= 0.6 is 0 Å². The molecule has 0 spiro atoms. The molecule has 0 heterocycles. The van der Waals surface area contributed by atoms with Gasteiger partial charge in [-0.25, -0.2) is 0 Å². The second-order valence-corrected chi connectivity index (χ2v) is 7.30. The van der Waals surface area contributed by atoms with Gasteiger partial charge in [-0.1, -0.05) is 19.9 Å². The van der Waals surface area contributed by atoms with Crippen molar-refractivity contribution in [2.45, 2.75) is 51.2 Å². The van der Waals surface area contributed by atoms with Crippen LogP contribution in [0.5, 0.6) is 0 Å². The first kappa shape index (κ1) is 12.9. The fraction of sp³-hybridized carbons (Fsp3) is 0.750. The van der Waals surface area contributed by atoms with E-state index in [2.05, 4.69) is 31.5 Å². The van der Waals surface area contributed by atoms with Crippen LogP contribution in [0.3, 0.4) is 0 Å². The molecule has 0 aromatic heterocycles. The summed E-state index contributed by atoms with van der Waals surface area (Å²) in [7, 11) is 0. The van der Waals surface area contributed by atoms with Gasteiger partial charge in [0, 0.05) is 11.6 Å². The van der Waals surface area contributed by atoms with Crippen LogP contribution in [0.4, 0.5) is 0 Å². The van der Waals surface area contributed by atoms with Gasteiger partial charge in [0.1, 0.15) is 5.60 Å². The average molecular weight is 258 g/mol. The predicted molar refractivity (Wildman–Crippen MR) is 74.7 cm³/mol. The van der Waals surface area contributed by atoms with Crippen LogP contribution in [0.25, 0.3) is 0 Å². The minimum Gasteiger partial charge on any atom is -0.384 e. The standard InChI is InChI=1S/C16H22N2O/c1-5-10-8-16(10,9-17)18-13-7-11-6-12(14(11,2)3)15(13,4)19/h5,10-12,19H,1,6-8H2,2-4H3/t10-,11-,12-,15-,16+/m0/s1. The fourth-order valence-corrected chi connectivity index (χ4v) is 4.19. The summed E-state index contributed by atoms with van der Waals surface area (Å²) in [6.45, 7) is 10.1. The molecule has 4 rings (SSSR count). The third-order valence-electron chi connectivity index (χ3n) is 5.97. The number of aliphatic imine (C=N–C) groups is 1. The highest BCUT2D eigenvalue weighted by Gasteiger charge is 2.63. The van der Waals surface area contributed by atoms with Crippen molar-refractivity contribution in [1.82, 2.24) is 0 Å². The Labute approximate surface area is 115 Å². The second kappa shape index (κ2) is 3.49. The van der Waals surface area contributed by atoms with Crippen LogP contribution in [0.15, 0.2) is 17.6 Å². The van der Waals surface area contributed by atoms with Crippen molar-refractivity contribution in [1.29, 1.82) is 5.26 Å². The summed E-state index contributed by atoms with van der Waals surface area (Å²) in [6.07, 6.45) is 4.49. The normalized spacial score (nSPS) is 52.2. The lowest BCUT2D eigenvalue weighted by Gasteiger charge is -2.62. The van der Waals surface area contributed by atoms with Gasteiger partial charge in [0.2, 0.25) is 0 Å². The Morgan fingerprint density at radius 2 is 2.16 bits per heavy atom. The van der Waals surface area contributed by atoms with Crippen LogP contribution in [-0.4, -0.2) is 22.0 Å². The molecular weight excluding hydrogens is 236 g/mol. The van der Waals surface area contributed by atoms with Crippen LogP contribution in [0, 0.1) is 34.5 Å². The van der Waals surface area contributed by atoms with Crippen LogP contribution < -0.4 is 0 Å². The van der Waals surface area contributed by atoms with Gasteiger partial charge < -0.3 is 5.11 Å². The van der Waals surface area contributed by atoms with Crippen molar-refractivity contribution in [2.24, 2.45) is 28.2 Å². The van der Waals surface area contributed by atoms with Gasteiger partial charge >= 0.3 is 0 Å². The molecular formula is C16H22N2O. The van der Waals surface area contributed by atoms with Gasteiger partial charge in [-0.05, 0) is 43.4 Å². The first-order valence-electron chi connectivity index (χ1n) is 7.13. The van der Waals surface area contributed by atoms with Crippen LogP contribution in [-0.2, 0) is 0 Å². The summed E-state index contributed by atoms with van der Waals surface area (Å²) in [5.41, 5.74) is -0.436. The summed E-state index contributed by atoms with van der Waals surface area (Å²) in [6, 6.07) is 2.32. The van der Waals surface area contributed by atoms with Crippen LogP contribution in [0.2, 0.25) is 0 Å². The number of hydrogen-bond donors (Lipinski definition) is 1. The molecule has 1 N–H and O–H groups in total. The zero-order chi connectivity index (χ0) is 14.1. The zero-order valence-corrected chi connectivity index (χ0v) is 12.0. The first-order chi connectivity index (χ1) is 8.78. The monoisotopic (exact) mass is 258 g/mol. The Morgan fingerprint density at radius 3 is 2.58 bits per heavy atom. The highest BCUT2D eigenvalue weighted by molar-refractivity contribution is 5.95. The van der Waals surface area contributed by atoms with E-state index in [1.54, 1.807) is 0 Å². The molecule has 102 valence electrons. The molecule has 0 unspecified atom stereocenters.